The second-order valence-electron chi connectivity index (χ2n) is 4.86. The Labute approximate surface area is 119 Å². The van der Waals surface area contributed by atoms with Crippen LogP contribution in [0.5, 0.6) is 0 Å². The van der Waals surface area contributed by atoms with E-state index in [0.29, 0.717) is 6.54 Å². The van der Waals surface area contributed by atoms with Gasteiger partial charge in [0.1, 0.15) is 0 Å². The lowest BCUT2D eigenvalue weighted by molar-refractivity contribution is -0.133. The molecule has 1 amide bonds. The van der Waals surface area contributed by atoms with Crippen molar-refractivity contribution in [1.82, 2.24) is 9.88 Å². The minimum atomic E-state index is -0.515. The molecular weight excluding hydrogens is 260 g/mol. The zero-order chi connectivity index (χ0) is 14.4. The molecule has 0 radical (unpaired) electrons. The highest BCUT2D eigenvalue weighted by Gasteiger charge is 2.24. The van der Waals surface area contributed by atoms with Crippen LogP contribution in [-0.4, -0.2) is 44.8 Å². The minimum absolute atomic E-state index is 0.0338. The molecule has 0 saturated carbocycles. The number of carbonyl (C=O) groups is 1. The van der Waals surface area contributed by atoms with Crippen LogP contribution in [0.15, 0.2) is 29.4 Å². The third-order valence-corrected chi connectivity index (χ3v) is 3.69. The highest BCUT2D eigenvalue weighted by Crippen LogP contribution is 2.22. The molecule has 0 aliphatic heterocycles. The van der Waals surface area contributed by atoms with E-state index in [2.05, 4.69) is 4.98 Å². The average Bonchev–Trinajstić information content (AvgIpc) is 2.35. The van der Waals surface area contributed by atoms with E-state index in [4.69, 9.17) is 0 Å². The number of hydrogen-bond donors (Lipinski definition) is 1. The van der Waals surface area contributed by atoms with Crippen LogP contribution < -0.4 is 0 Å². The summed E-state index contributed by atoms with van der Waals surface area (Å²) in [5, 5.41) is 10.1. The van der Waals surface area contributed by atoms with Gasteiger partial charge in [-0.25, -0.2) is 4.98 Å². The van der Waals surface area contributed by atoms with Crippen molar-refractivity contribution in [2.24, 2.45) is 0 Å². The number of rotatable bonds is 6. The summed E-state index contributed by atoms with van der Waals surface area (Å²) in [5.74, 6) is 0.0338. The van der Waals surface area contributed by atoms with E-state index in [1.54, 1.807) is 18.0 Å². The third kappa shape index (κ3) is 5.20. The Hall–Kier alpha value is -1.07. The number of nitrogens with zero attached hydrogens (tertiary/aromatic N) is 2. The fourth-order valence-corrected chi connectivity index (χ4v) is 2.60. The summed E-state index contributed by atoms with van der Waals surface area (Å²) < 4.78 is 0. The molecule has 2 atom stereocenters. The summed E-state index contributed by atoms with van der Waals surface area (Å²) in [4.78, 5) is 18.3. The Bertz CT molecular complexity index is 396. The summed E-state index contributed by atoms with van der Waals surface area (Å²) in [6, 6.07) is 5.73. The van der Waals surface area contributed by atoms with Crippen molar-refractivity contribution in [3.63, 3.8) is 0 Å². The molecule has 1 aromatic heterocycles. The molecule has 0 spiro atoms. The quantitative estimate of drug-likeness (QED) is 0.813. The largest absolute Gasteiger partial charge is 0.392 e. The summed E-state index contributed by atoms with van der Waals surface area (Å²) in [6.07, 6.45) is 1.20. The Morgan fingerprint density at radius 2 is 2.05 bits per heavy atom. The predicted molar refractivity (Wildman–Crippen MR) is 78.1 cm³/mol. The van der Waals surface area contributed by atoms with E-state index in [1.807, 2.05) is 39.0 Å². The number of pyridine rings is 1. The molecule has 19 heavy (non-hydrogen) atoms. The van der Waals surface area contributed by atoms with E-state index in [-0.39, 0.29) is 17.2 Å². The zero-order valence-corrected chi connectivity index (χ0v) is 12.7. The lowest BCUT2D eigenvalue weighted by atomic mass is 10.2. The van der Waals surface area contributed by atoms with Crippen molar-refractivity contribution >= 4 is 17.7 Å². The highest BCUT2D eigenvalue weighted by atomic mass is 32.2. The second kappa shape index (κ2) is 7.50. The van der Waals surface area contributed by atoms with E-state index >= 15 is 0 Å². The maximum Gasteiger partial charge on any atom is 0.236 e. The van der Waals surface area contributed by atoms with Gasteiger partial charge in [0, 0.05) is 18.8 Å². The number of amides is 1. The van der Waals surface area contributed by atoms with Crippen LogP contribution in [0, 0.1) is 0 Å². The first-order valence-electron chi connectivity index (χ1n) is 6.48. The molecule has 0 saturated heterocycles. The minimum Gasteiger partial charge on any atom is -0.392 e. The van der Waals surface area contributed by atoms with Crippen LogP contribution in [0.4, 0.5) is 0 Å². The average molecular weight is 282 g/mol. The van der Waals surface area contributed by atoms with Gasteiger partial charge >= 0.3 is 0 Å². The SMILES string of the molecule is CC(O)CN(C(=O)C(C)Sc1ccccn1)C(C)C. The van der Waals surface area contributed by atoms with E-state index in [9.17, 15) is 9.90 Å². The van der Waals surface area contributed by atoms with Crippen LogP contribution >= 0.6 is 11.8 Å². The van der Waals surface area contributed by atoms with Crippen molar-refractivity contribution < 1.29 is 9.90 Å². The van der Waals surface area contributed by atoms with Gasteiger partial charge in [-0.3, -0.25) is 4.79 Å². The van der Waals surface area contributed by atoms with Gasteiger partial charge in [-0.1, -0.05) is 17.8 Å². The summed E-state index contributed by atoms with van der Waals surface area (Å²) in [6.45, 7) is 7.85. The van der Waals surface area contributed by atoms with Crippen molar-refractivity contribution in [3.05, 3.63) is 24.4 Å². The summed E-state index contributed by atoms with van der Waals surface area (Å²) in [7, 11) is 0. The van der Waals surface area contributed by atoms with E-state index in [1.165, 1.54) is 11.8 Å². The van der Waals surface area contributed by atoms with Crippen LogP contribution in [0.2, 0.25) is 0 Å². The van der Waals surface area contributed by atoms with Crippen LogP contribution in [0.25, 0.3) is 0 Å². The van der Waals surface area contributed by atoms with Gasteiger partial charge in [-0.15, -0.1) is 0 Å². The Morgan fingerprint density at radius 3 is 2.53 bits per heavy atom. The smallest absolute Gasteiger partial charge is 0.236 e. The van der Waals surface area contributed by atoms with Crippen molar-refractivity contribution in [2.75, 3.05) is 6.54 Å². The number of aromatic nitrogens is 1. The van der Waals surface area contributed by atoms with Gasteiger partial charge < -0.3 is 10.0 Å². The topological polar surface area (TPSA) is 53.4 Å². The molecule has 0 aliphatic carbocycles. The van der Waals surface area contributed by atoms with Gasteiger partial charge in [-0.2, -0.15) is 0 Å². The first-order valence-corrected chi connectivity index (χ1v) is 7.36. The number of aliphatic hydroxyl groups is 1. The van der Waals surface area contributed by atoms with Gasteiger partial charge in [-0.05, 0) is 39.8 Å². The highest BCUT2D eigenvalue weighted by molar-refractivity contribution is 8.00. The predicted octanol–water partition coefficient (Wildman–Crippen LogP) is 2.18. The van der Waals surface area contributed by atoms with E-state index < -0.39 is 6.10 Å². The second-order valence-corrected chi connectivity index (χ2v) is 6.22. The van der Waals surface area contributed by atoms with Crippen LogP contribution in [-0.2, 0) is 4.79 Å². The zero-order valence-electron chi connectivity index (χ0n) is 11.9. The molecule has 2 unspecified atom stereocenters. The molecule has 0 fully saturated rings. The van der Waals surface area contributed by atoms with E-state index in [0.717, 1.165) is 5.03 Å². The Balaban J connectivity index is 2.68. The number of carbonyl (C=O) groups excluding carboxylic acids is 1. The molecule has 1 aromatic rings. The maximum atomic E-state index is 12.4. The van der Waals surface area contributed by atoms with Gasteiger partial charge in [0.25, 0.3) is 0 Å². The molecule has 0 bridgehead atoms. The summed E-state index contributed by atoms with van der Waals surface area (Å²) in [5.41, 5.74) is 0. The molecule has 1 heterocycles. The molecule has 5 heteroatoms. The molecular formula is C14H22N2O2S. The Kier molecular flexibility index (Phi) is 6.31. The first-order chi connectivity index (χ1) is 8.91. The van der Waals surface area contributed by atoms with Gasteiger partial charge in [0.15, 0.2) is 0 Å². The lowest BCUT2D eigenvalue weighted by Gasteiger charge is -2.30. The lowest BCUT2D eigenvalue weighted by Crippen LogP contribution is -2.44. The van der Waals surface area contributed by atoms with Gasteiger partial charge in [0.2, 0.25) is 5.91 Å². The number of thioether (sulfide) groups is 1. The van der Waals surface area contributed by atoms with Crippen LogP contribution in [0.3, 0.4) is 0 Å². The molecule has 106 valence electrons. The molecule has 4 nitrogen and oxygen atoms in total. The monoisotopic (exact) mass is 282 g/mol. The van der Waals surface area contributed by atoms with Crippen molar-refractivity contribution in [3.8, 4) is 0 Å². The molecule has 1 rings (SSSR count). The fraction of sp³-hybridized carbons (Fsp3) is 0.571. The first kappa shape index (κ1) is 16.0. The third-order valence-electron chi connectivity index (χ3n) is 2.65. The number of hydrogen-bond acceptors (Lipinski definition) is 4. The maximum absolute atomic E-state index is 12.4. The normalized spacial score (nSPS) is 14.2. The van der Waals surface area contributed by atoms with Crippen LogP contribution in [0.1, 0.15) is 27.7 Å². The standard InChI is InChI=1S/C14H22N2O2S/c1-10(2)16(9-11(3)17)14(18)12(4)19-13-7-5-6-8-15-13/h5-8,10-12,17H,9H2,1-4H3. The van der Waals surface area contributed by atoms with Crippen molar-refractivity contribution in [1.29, 1.82) is 0 Å². The Morgan fingerprint density at radius 1 is 1.37 bits per heavy atom. The molecule has 0 aliphatic rings. The molecule has 1 N–H and O–H groups in total. The fourth-order valence-electron chi connectivity index (χ4n) is 1.72. The number of aliphatic hydroxyl groups excluding tert-OH is 1. The summed E-state index contributed by atoms with van der Waals surface area (Å²) >= 11 is 1.44. The molecule has 0 aromatic carbocycles. The van der Waals surface area contributed by atoms with Gasteiger partial charge in [0.05, 0.1) is 16.4 Å². The van der Waals surface area contributed by atoms with Crippen molar-refractivity contribution in [2.45, 2.75) is 50.1 Å².